The number of aliphatic hydroxyl groups excluding tert-OH is 1. The summed E-state index contributed by atoms with van der Waals surface area (Å²) in [6.07, 6.45) is 0.818. The minimum absolute atomic E-state index is 0.461. The van der Waals surface area contributed by atoms with Crippen molar-refractivity contribution in [2.45, 2.75) is 13.2 Å². The molecule has 0 fully saturated rings. The van der Waals surface area contributed by atoms with Crippen molar-refractivity contribution in [3.8, 4) is 0 Å². The van der Waals surface area contributed by atoms with Crippen LogP contribution in [-0.2, 0) is 4.74 Å². The molecular weight excluding hydrogens is 250 g/mol. The number of hydrogen-bond donors (Lipinski definition) is 1. The average molecular weight is 265 g/mol. The number of hydrogen-bond acceptors (Lipinski definition) is 3. The minimum atomic E-state index is -1.01. The zero-order valence-corrected chi connectivity index (χ0v) is 11.2. The Kier molecular flexibility index (Phi) is 3.35. The first-order valence-corrected chi connectivity index (χ1v) is 6.49. The second-order valence-corrected chi connectivity index (χ2v) is 4.74. The standard InChI is InChI=1S/C17H15NO2/c1-12-6-5-9-14(10-12)16-18-15(17(19)20-16)11-13-7-3-2-4-8-13/h2-11,17,19H,1H3/b15-11+/t17-/m1/s1. The van der Waals surface area contributed by atoms with Crippen LogP contribution in [-0.4, -0.2) is 17.3 Å². The molecule has 2 aromatic rings. The molecule has 1 N–H and O–H groups in total. The summed E-state index contributed by atoms with van der Waals surface area (Å²) in [6.45, 7) is 2.01. The van der Waals surface area contributed by atoms with Crippen molar-refractivity contribution in [3.63, 3.8) is 0 Å². The zero-order chi connectivity index (χ0) is 13.9. The Morgan fingerprint density at radius 1 is 1.10 bits per heavy atom. The van der Waals surface area contributed by atoms with Crippen molar-refractivity contribution in [1.82, 2.24) is 0 Å². The van der Waals surface area contributed by atoms with E-state index in [1.54, 1.807) is 0 Å². The zero-order valence-electron chi connectivity index (χ0n) is 11.2. The molecule has 0 aromatic heterocycles. The molecule has 1 atom stereocenters. The molecule has 0 saturated carbocycles. The summed E-state index contributed by atoms with van der Waals surface area (Å²) in [5.41, 5.74) is 3.51. The van der Waals surface area contributed by atoms with Gasteiger partial charge in [-0.25, -0.2) is 4.99 Å². The van der Waals surface area contributed by atoms with Crippen LogP contribution in [0.1, 0.15) is 16.7 Å². The third-order valence-electron chi connectivity index (χ3n) is 3.09. The first-order chi connectivity index (χ1) is 9.72. The van der Waals surface area contributed by atoms with Gasteiger partial charge in [0.25, 0.3) is 0 Å². The summed E-state index contributed by atoms with van der Waals surface area (Å²) in [4.78, 5) is 4.38. The van der Waals surface area contributed by atoms with Crippen LogP contribution < -0.4 is 0 Å². The van der Waals surface area contributed by atoms with E-state index in [-0.39, 0.29) is 0 Å². The topological polar surface area (TPSA) is 41.8 Å². The predicted molar refractivity (Wildman–Crippen MR) is 79.2 cm³/mol. The number of nitrogens with zero attached hydrogens (tertiary/aromatic N) is 1. The molecule has 0 unspecified atom stereocenters. The predicted octanol–water partition coefficient (Wildman–Crippen LogP) is 3.13. The highest BCUT2D eigenvalue weighted by atomic mass is 16.6. The summed E-state index contributed by atoms with van der Waals surface area (Å²) in [6, 6.07) is 17.6. The van der Waals surface area contributed by atoms with Gasteiger partial charge in [0.15, 0.2) is 0 Å². The van der Waals surface area contributed by atoms with Crippen LogP contribution in [0.5, 0.6) is 0 Å². The van der Waals surface area contributed by atoms with Gasteiger partial charge < -0.3 is 9.84 Å². The number of aliphatic imine (C=N–C) groups is 1. The van der Waals surface area contributed by atoms with Gasteiger partial charge >= 0.3 is 0 Å². The van der Waals surface area contributed by atoms with Crippen LogP contribution >= 0.6 is 0 Å². The second kappa shape index (κ2) is 5.31. The molecule has 0 saturated heterocycles. The third kappa shape index (κ3) is 2.63. The third-order valence-corrected chi connectivity index (χ3v) is 3.09. The molecule has 3 heteroatoms. The molecule has 1 heterocycles. The van der Waals surface area contributed by atoms with Crippen molar-refractivity contribution in [2.75, 3.05) is 0 Å². The van der Waals surface area contributed by atoms with Gasteiger partial charge in [0.05, 0.1) is 0 Å². The van der Waals surface area contributed by atoms with Gasteiger partial charge in [0, 0.05) is 5.56 Å². The van der Waals surface area contributed by atoms with Gasteiger partial charge in [-0.2, -0.15) is 0 Å². The molecule has 0 bridgehead atoms. The Morgan fingerprint density at radius 3 is 2.65 bits per heavy atom. The fourth-order valence-corrected chi connectivity index (χ4v) is 2.10. The number of ether oxygens (including phenoxy) is 1. The SMILES string of the molecule is Cc1cccc(C2=N/C(=C/c3ccccc3)[C@H](O)O2)c1. The maximum atomic E-state index is 9.95. The molecule has 1 aliphatic heterocycles. The van der Waals surface area contributed by atoms with Gasteiger partial charge in [-0.05, 0) is 30.7 Å². The molecule has 3 nitrogen and oxygen atoms in total. The molecule has 2 aromatic carbocycles. The summed E-state index contributed by atoms with van der Waals surface area (Å²) in [5.74, 6) is 0.461. The van der Waals surface area contributed by atoms with Crippen LogP contribution in [0.2, 0.25) is 0 Å². The lowest BCUT2D eigenvalue weighted by Crippen LogP contribution is -2.11. The molecule has 0 amide bonds. The lowest BCUT2D eigenvalue weighted by atomic mass is 10.1. The van der Waals surface area contributed by atoms with E-state index in [0.29, 0.717) is 11.6 Å². The number of aryl methyl sites for hydroxylation is 1. The van der Waals surface area contributed by atoms with E-state index in [2.05, 4.69) is 4.99 Å². The van der Waals surface area contributed by atoms with Crippen molar-refractivity contribution in [2.24, 2.45) is 4.99 Å². The Balaban J connectivity index is 1.93. The van der Waals surface area contributed by atoms with E-state index in [1.165, 1.54) is 0 Å². The Bertz CT molecular complexity index is 674. The smallest absolute Gasteiger partial charge is 0.243 e. The van der Waals surface area contributed by atoms with Crippen molar-refractivity contribution < 1.29 is 9.84 Å². The Labute approximate surface area is 117 Å². The van der Waals surface area contributed by atoms with Crippen molar-refractivity contribution >= 4 is 12.0 Å². The molecule has 3 rings (SSSR count). The Morgan fingerprint density at radius 2 is 1.90 bits per heavy atom. The highest BCUT2D eigenvalue weighted by Crippen LogP contribution is 2.22. The van der Waals surface area contributed by atoms with Crippen LogP contribution in [0.3, 0.4) is 0 Å². The van der Waals surface area contributed by atoms with Crippen molar-refractivity contribution in [3.05, 3.63) is 77.0 Å². The second-order valence-electron chi connectivity index (χ2n) is 4.74. The molecular formula is C17H15NO2. The maximum Gasteiger partial charge on any atom is 0.243 e. The van der Waals surface area contributed by atoms with E-state index in [0.717, 1.165) is 16.7 Å². The van der Waals surface area contributed by atoms with E-state index < -0.39 is 6.29 Å². The molecule has 0 radical (unpaired) electrons. The summed E-state index contributed by atoms with van der Waals surface area (Å²) < 4.78 is 5.42. The lowest BCUT2D eigenvalue weighted by Gasteiger charge is -2.05. The number of rotatable bonds is 2. The monoisotopic (exact) mass is 265 g/mol. The summed E-state index contributed by atoms with van der Waals surface area (Å²) >= 11 is 0. The molecule has 20 heavy (non-hydrogen) atoms. The molecule has 100 valence electrons. The summed E-state index contributed by atoms with van der Waals surface area (Å²) in [5, 5.41) is 9.95. The first-order valence-electron chi connectivity index (χ1n) is 6.49. The largest absolute Gasteiger partial charge is 0.441 e. The minimum Gasteiger partial charge on any atom is -0.441 e. The van der Waals surface area contributed by atoms with E-state index >= 15 is 0 Å². The van der Waals surface area contributed by atoms with E-state index in [1.807, 2.05) is 67.6 Å². The number of aliphatic hydroxyl groups is 1. The normalized spacial score (nSPS) is 19.8. The van der Waals surface area contributed by atoms with Gasteiger partial charge in [0.2, 0.25) is 12.2 Å². The van der Waals surface area contributed by atoms with E-state index in [4.69, 9.17) is 4.74 Å². The van der Waals surface area contributed by atoms with Crippen molar-refractivity contribution in [1.29, 1.82) is 0 Å². The first kappa shape index (κ1) is 12.6. The van der Waals surface area contributed by atoms with Crippen LogP contribution in [0.15, 0.2) is 65.3 Å². The van der Waals surface area contributed by atoms with Crippen LogP contribution in [0, 0.1) is 6.92 Å². The molecule has 0 aliphatic carbocycles. The van der Waals surface area contributed by atoms with Gasteiger partial charge in [-0.1, -0.05) is 48.0 Å². The van der Waals surface area contributed by atoms with Gasteiger partial charge in [-0.15, -0.1) is 0 Å². The lowest BCUT2D eigenvalue weighted by molar-refractivity contribution is 0.0178. The molecule has 1 aliphatic rings. The average Bonchev–Trinajstić information content (AvgIpc) is 2.81. The maximum absolute atomic E-state index is 9.95. The fourth-order valence-electron chi connectivity index (χ4n) is 2.10. The fraction of sp³-hybridized carbons (Fsp3) is 0.118. The summed E-state index contributed by atoms with van der Waals surface area (Å²) in [7, 11) is 0. The number of benzene rings is 2. The highest BCUT2D eigenvalue weighted by Gasteiger charge is 2.24. The Hall–Kier alpha value is -2.39. The highest BCUT2D eigenvalue weighted by molar-refractivity contribution is 5.96. The molecule has 0 spiro atoms. The van der Waals surface area contributed by atoms with Gasteiger partial charge in [0.1, 0.15) is 5.70 Å². The quantitative estimate of drug-likeness (QED) is 0.906. The van der Waals surface area contributed by atoms with Crippen LogP contribution in [0.25, 0.3) is 6.08 Å². The van der Waals surface area contributed by atoms with Gasteiger partial charge in [-0.3, -0.25) is 0 Å². The van der Waals surface area contributed by atoms with E-state index in [9.17, 15) is 5.11 Å². The van der Waals surface area contributed by atoms with Crippen LogP contribution in [0.4, 0.5) is 0 Å².